The fourth-order valence-electron chi connectivity index (χ4n) is 4.78. The van der Waals surface area contributed by atoms with Crippen LogP contribution in [0.5, 0.6) is 5.75 Å². The number of piperazine rings is 1. The molecule has 15 heteroatoms. The largest absolute Gasteiger partial charge is 0.482 e. The van der Waals surface area contributed by atoms with Crippen molar-refractivity contribution in [3.8, 4) is 5.75 Å². The van der Waals surface area contributed by atoms with E-state index in [9.17, 15) is 17.7 Å². The van der Waals surface area contributed by atoms with Crippen LogP contribution in [-0.4, -0.2) is 75.8 Å². The van der Waals surface area contributed by atoms with Crippen LogP contribution in [0.3, 0.4) is 0 Å². The first-order chi connectivity index (χ1) is 20.3. The second-order valence-corrected chi connectivity index (χ2v) is 10.6. The summed E-state index contributed by atoms with van der Waals surface area (Å²) in [6, 6.07) is 10.4. The molecular weight excluding hydrogens is 570 g/mol. The Balaban J connectivity index is 1.34. The maximum absolute atomic E-state index is 13.1. The van der Waals surface area contributed by atoms with Crippen molar-refractivity contribution in [2.75, 3.05) is 55.4 Å². The molecule has 0 spiro atoms. The molecule has 0 amide bonds. The van der Waals surface area contributed by atoms with Gasteiger partial charge < -0.3 is 34.7 Å². The van der Waals surface area contributed by atoms with E-state index in [1.165, 1.54) is 6.20 Å². The maximum atomic E-state index is 13.1. The minimum Gasteiger partial charge on any atom is -0.482 e. The van der Waals surface area contributed by atoms with Crippen molar-refractivity contribution < 1.29 is 22.5 Å². The number of benzene rings is 2. The molecule has 11 nitrogen and oxygen atoms in total. The van der Waals surface area contributed by atoms with Crippen LogP contribution in [-0.2, 0) is 4.57 Å². The van der Waals surface area contributed by atoms with Gasteiger partial charge in [-0.05, 0) is 37.4 Å². The Morgan fingerprint density at radius 3 is 2.57 bits per heavy atom. The van der Waals surface area contributed by atoms with E-state index in [0.717, 1.165) is 31.9 Å². The van der Waals surface area contributed by atoms with Crippen LogP contribution >= 0.6 is 8.46 Å². The first-order valence-electron chi connectivity index (χ1n) is 13.1. The smallest absolute Gasteiger partial charge is 0.422 e. The number of nitrogens with one attached hydrogen (secondary N) is 3. The summed E-state index contributed by atoms with van der Waals surface area (Å²) in [6.07, 6.45) is 0.288. The van der Waals surface area contributed by atoms with Crippen LogP contribution < -0.4 is 25.6 Å². The van der Waals surface area contributed by atoms with E-state index in [0.29, 0.717) is 38.9 Å². The van der Waals surface area contributed by atoms with E-state index < -0.39 is 21.2 Å². The molecule has 1 fully saturated rings. The molecule has 0 saturated carbocycles. The van der Waals surface area contributed by atoms with Crippen LogP contribution in [0.4, 0.5) is 42.0 Å². The third-order valence-corrected chi connectivity index (χ3v) is 7.76. The van der Waals surface area contributed by atoms with E-state index in [1.807, 2.05) is 13.1 Å². The van der Waals surface area contributed by atoms with Crippen LogP contribution in [0.15, 0.2) is 55.0 Å². The van der Waals surface area contributed by atoms with E-state index >= 15 is 0 Å². The molecular formula is C27H27F3N9O2P. The molecule has 0 radical (unpaired) electrons. The molecule has 1 aliphatic rings. The minimum absolute atomic E-state index is 0.0267. The zero-order chi connectivity index (χ0) is 29.3. The number of halogens is 3. The number of fused-ring (bicyclic) bond motifs is 2. The third kappa shape index (κ3) is 5.95. The number of ether oxygens (including phenoxy) is 1. The highest BCUT2D eigenvalue weighted by molar-refractivity contribution is 7.35. The van der Waals surface area contributed by atoms with E-state index in [2.05, 4.69) is 45.4 Å². The molecule has 4 heterocycles. The summed E-state index contributed by atoms with van der Waals surface area (Å²) >= 11 is 0. The average Bonchev–Trinajstić information content (AvgIpc) is 3.46. The van der Waals surface area contributed by atoms with Gasteiger partial charge in [0.05, 0.1) is 36.0 Å². The van der Waals surface area contributed by atoms with Crippen molar-refractivity contribution >= 4 is 64.7 Å². The number of rotatable bonds is 8. The highest BCUT2D eigenvalue weighted by Crippen LogP contribution is 2.34. The molecule has 2 aromatic carbocycles. The molecule has 3 aromatic heterocycles. The average molecular weight is 598 g/mol. The Labute approximate surface area is 239 Å². The fourth-order valence-corrected chi connectivity index (χ4v) is 5.41. The summed E-state index contributed by atoms with van der Waals surface area (Å²) in [7, 11) is 0.672. The molecule has 1 aliphatic heterocycles. The van der Waals surface area contributed by atoms with Crippen molar-refractivity contribution in [2.24, 2.45) is 0 Å². The summed E-state index contributed by atoms with van der Waals surface area (Å²) < 4.78 is 56.9. The van der Waals surface area contributed by atoms with Gasteiger partial charge in [-0.15, -0.1) is 0 Å². The number of anilines is 5. The normalized spacial score (nSPS) is 14.7. The van der Waals surface area contributed by atoms with Gasteiger partial charge in [0.25, 0.3) is 0 Å². The molecule has 6 rings (SSSR count). The lowest BCUT2D eigenvalue weighted by Crippen LogP contribution is -2.44. The van der Waals surface area contributed by atoms with Crippen molar-refractivity contribution in [3.63, 3.8) is 0 Å². The lowest BCUT2D eigenvalue weighted by molar-refractivity contribution is -0.153. The van der Waals surface area contributed by atoms with Crippen LogP contribution in [0, 0.1) is 0 Å². The maximum Gasteiger partial charge on any atom is 0.422 e. The zero-order valence-corrected chi connectivity index (χ0v) is 23.6. The summed E-state index contributed by atoms with van der Waals surface area (Å²) in [5, 5.41) is 7.44. The van der Waals surface area contributed by atoms with Crippen molar-refractivity contribution in [1.29, 1.82) is 0 Å². The Morgan fingerprint density at radius 2 is 1.79 bits per heavy atom. The minimum atomic E-state index is -4.51. The lowest BCUT2D eigenvalue weighted by atomic mass is 10.2. The number of aromatic amines is 1. The monoisotopic (exact) mass is 597 g/mol. The SMILES string of the molecule is CN1CCN(c2ccc(Nc3nc(Nc4ccc5nccnc5c4[PH2]=O)c4cc[nH]c4n3)c(OCC(F)(F)F)c2)CC1. The topological polar surface area (TPSA) is 124 Å². The fraction of sp³-hybridized carbons (Fsp3) is 0.259. The summed E-state index contributed by atoms with van der Waals surface area (Å²) in [5.41, 5.74) is 3.21. The molecule has 42 heavy (non-hydrogen) atoms. The van der Waals surface area contributed by atoms with E-state index in [1.54, 1.807) is 42.7 Å². The zero-order valence-electron chi connectivity index (χ0n) is 22.4. The van der Waals surface area contributed by atoms with E-state index in [4.69, 9.17) is 4.74 Å². The Kier molecular flexibility index (Phi) is 7.56. The number of hydrogen-bond donors (Lipinski definition) is 3. The van der Waals surface area contributed by atoms with Gasteiger partial charge in [0.1, 0.15) is 22.7 Å². The Bertz CT molecular complexity index is 1760. The highest BCUT2D eigenvalue weighted by Gasteiger charge is 2.29. The molecule has 1 unspecified atom stereocenters. The van der Waals surface area contributed by atoms with Crippen molar-refractivity contribution in [3.05, 3.63) is 55.0 Å². The molecule has 218 valence electrons. The highest BCUT2D eigenvalue weighted by atomic mass is 31.1. The summed E-state index contributed by atoms with van der Waals surface area (Å²) in [6.45, 7) is 1.74. The summed E-state index contributed by atoms with van der Waals surface area (Å²) in [5.74, 6) is 0.542. The van der Waals surface area contributed by atoms with Crippen molar-refractivity contribution in [1.82, 2.24) is 29.8 Å². The Morgan fingerprint density at radius 1 is 1.00 bits per heavy atom. The van der Waals surface area contributed by atoms with Crippen LogP contribution in [0.2, 0.25) is 0 Å². The quantitative estimate of drug-likeness (QED) is 0.221. The third-order valence-electron chi connectivity index (χ3n) is 6.94. The molecule has 0 aliphatic carbocycles. The van der Waals surface area contributed by atoms with E-state index in [-0.39, 0.29) is 17.4 Å². The lowest BCUT2D eigenvalue weighted by Gasteiger charge is -2.34. The number of hydrogen-bond acceptors (Lipinski definition) is 10. The molecule has 1 atom stereocenters. The number of nitrogens with zero attached hydrogens (tertiary/aromatic N) is 6. The van der Waals surface area contributed by atoms with Gasteiger partial charge >= 0.3 is 6.18 Å². The first-order valence-corrected chi connectivity index (χ1v) is 14.2. The van der Waals surface area contributed by atoms with Gasteiger partial charge in [0, 0.05) is 56.5 Å². The van der Waals surface area contributed by atoms with Crippen LogP contribution in [0.25, 0.3) is 22.1 Å². The number of likely N-dealkylation sites (N-methyl/N-ethyl adjacent to an activating group) is 1. The first kappa shape index (κ1) is 27.7. The second kappa shape index (κ2) is 11.5. The Hall–Kier alpha value is -4.42. The van der Waals surface area contributed by atoms with Gasteiger partial charge in [0.2, 0.25) is 5.95 Å². The van der Waals surface area contributed by atoms with Crippen molar-refractivity contribution in [2.45, 2.75) is 6.18 Å². The predicted molar refractivity (Wildman–Crippen MR) is 158 cm³/mol. The van der Waals surface area contributed by atoms with Gasteiger partial charge in [-0.1, -0.05) is 0 Å². The molecule has 1 saturated heterocycles. The van der Waals surface area contributed by atoms with Gasteiger partial charge in [-0.2, -0.15) is 23.1 Å². The predicted octanol–water partition coefficient (Wildman–Crippen LogP) is 4.46. The molecule has 0 bridgehead atoms. The molecule has 5 aromatic rings. The second-order valence-electron chi connectivity index (χ2n) is 9.83. The van der Waals surface area contributed by atoms with Gasteiger partial charge in [-0.3, -0.25) is 9.97 Å². The number of alkyl halides is 3. The standard InChI is InChI=1S/C27H27F3N9O2P/c1-38-10-12-39(13-11-38)16-2-3-18(21(14-16)41-15-27(28,29)30)35-26-36-24-17(6-7-33-24)25(37-26)34-20-5-4-19-22(23(20)42-40)32-9-8-31-19/h2-9,14H,10-13,15,42H2,1H3,(H3,33,34,35,36,37). The van der Waals surface area contributed by atoms with Gasteiger partial charge in [-0.25, -0.2) is 0 Å². The van der Waals surface area contributed by atoms with Crippen LogP contribution in [0.1, 0.15) is 0 Å². The number of aromatic nitrogens is 5. The van der Waals surface area contributed by atoms with Gasteiger partial charge in [0.15, 0.2) is 6.61 Å². The summed E-state index contributed by atoms with van der Waals surface area (Å²) in [4.78, 5) is 25.1. The number of H-pyrrole nitrogens is 1. The molecule has 3 N–H and O–H groups in total.